The van der Waals surface area contributed by atoms with Crippen LogP contribution in [0.4, 0.5) is 0 Å². The number of halogens is 1. The van der Waals surface area contributed by atoms with Crippen molar-refractivity contribution in [3.8, 4) is 0 Å². The van der Waals surface area contributed by atoms with E-state index in [9.17, 15) is 4.79 Å². The Labute approximate surface area is 90.5 Å². The largest absolute Gasteiger partial charge is 0.298 e. The number of carbonyl (C=O) groups is 1. The molecule has 2 heterocycles. The van der Waals surface area contributed by atoms with Gasteiger partial charge in [-0.1, -0.05) is 11.6 Å². The molecule has 14 heavy (non-hydrogen) atoms. The number of aryl methyl sites for hydroxylation is 2. The summed E-state index contributed by atoms with van der Waals surface area (Å²) in [5.41, 5.74) is 1.64. The van der Waals surface area contributed by atoms with Crippen molar-refractivity contribution in [3.05, 3.63) is 27.2 Å². The smallest absolute Gasteiger partial charge is 0.153 e. The Kier molecular flexibility index (Phi) is 2.29. The minimum atomic E-state index is 0.286. The van der Waals surface area contributed by atoms with E-state index in [0.29, 0.717) is 5.56 Å². The van der Waals surface area contributed by atoms with E-state index in [1.807, 2.05) is 13.8 Å². The summed E-state index contributed by atoms with van der Waals surface area (Å²) in [6.45, 7) is 4.06. The molecule has 0 amide bonds. The van der Waals surface area contributed by atoms with E-state index in [4.69, 9.17) is 11.6 Å². The monoisotopic (exact) mass is 225 g/mol. The van der Waals surface area contributed by atoms with Gasteiger partial charge in [0.1, 0.15) is 9.98 Å². The molecule has 0 radical (unpaired) electrons. The van der Waals surface area contributed by atoms with Crippen LogP contribution in [0.1, 0.15) is 20.8 Å². The van der Waals surface area contributed by atoms with Gasteiger partial charge in [0.15, 0.2) is 6.29 Å². The highest BCUT2D eigenvalue weighted by Crippen LogP contribution is 2.30. The standard InChI is InChI=1S/C10H8ClNOS/c1-5-6(2)14-10-8(5)3-7(4-13)9(11)12-10/h3-4H,1-2H3. The van der Waals surface area contributed by atoms with Crippen molar-refractivity contribution in [1.29, 1.82) is 0 Å². The van der Waals surface area contributed by atoms with E-state index < -0.39 is 0 Å². The number of fused-ring (bicyclic) bond motifs is 1. The lowest BCUT2D eigenvalue weighted by molar-refractivity contribution is 0.112. The van der Waals surface area contributed by atoms with Gasteiger partial charge in [-0.25, -0.2) is 4.98 Å². The lowest BCUT2D eigenvalue weighted by Crippen LogP contribution is -1.85. The Morgan fingerprint density at radius 3 is 2.86 bits per heavy atom. The number of thiophene rings is 1. The zero-order valence-electron chi connectivity index (χ0n) is 7.80. The number of carbonyl (C=O) groups excluding carboxylic acids is 1. The topological polar surface area (TPSA) is 30.0 Å². The van der Waals surface area contributed by atoms with Crippen LogP contribution in [0.15, 0.2) is 6.07 Å². The highest BCUT2D eigenvalue weighted by atomic mass is 35.5. The van der Waals surface area contributed by atoms with Crippen molar-refractivity contribution in [2.24, 2.45) is 0 Å². The number of aldehydes is 1. The predicted molar refractivity (Wildman–Crippen MR) is 59.5 cm³/mol. The molecule has 0 N–H and O–H groups in total. The van der Waals surface area contributed by atoms with E-state index in [2.05, 4.69) is 4.98 Å². The summed E-state index contributed by atoms with van der Waals surface area (Å²) in [6.07, 6.45) is 0.737. The highest BCUT2D eigenvalue weighted by Gasteiger charge is 2.09. The number of hydrogen-bond acceptors (Lipinski definition) is 3. The molecule has 4 heteroatoms. The molecule has 0 aliphatic heterocycles. The molecule has 0 unspecified atom stereocenters. The van der Waals surface area contributed by atoms with Gasteiger partial charge in [0.2, 0.25) is 0 Å². The molecule has 0 fully saturated rings. The van der Waals surface area contributed by atoms with Gasteiger partial charge >= 0.3 is 0 Å². The fourth-order valence-corrected chi connectivity index (χ4v) is 2.58. The molecule has 0 spiro atoms. The molecule has 0 aliphatic rings. The quantitative estimate of drug-likeness (QED) is 0.550. The molecule has 2 rings (SSSR count). The van der Waals surface area contributed by atoms with Gasteiger partial charge in [-0.2, -0.15) is 0 Å². The third kappa shape index (κ3) is 1.33. The summed E-state index contributed by atoms with van der Waals surface area (Å²) in [5.74, 6) is 0. The van der Waals surface area contributed by atoms with Crippen LogP contribution < -0.4 is 0 Å². The third-order valence-corrected chi connectivity index (χ3v) is 3.70. The Morgan fingerprint density at radius 1 is 1.50 bits per heavy atom. The summed E-state index contributed by atoms with van der Waals surface area (Å²) in [4.78, 5) is 17.0. The first-order chi connectivity index (χ1) is 6.63. The summed E-state index contributed by atoms with van der Waals surface area (Å²) in [7, 11) is 0. The van der Waals surface area contributed by atoms with E-state index in [1.54, 1.807) is 17.4 Å². The zero-order chi connectivity index (χ0) is 10.3. The van der Waals surface area contributed by atoms with Gasteiger partial charge < -0.3 is 0 Å². The second-order valence-corrected chi connectivity index (χ2v) is 4.68. The van der Waals surface area contributed by atoms with E-state index in [0.717, 1.165) is 16.5 Å². The van der Waals surface area contributed by atoms with Gasteiger partial charge in [-0.3, -0.25) is 4.79 Å². The number of aromatic nitrogens is 1. The molecule has 0 bridgehead atoms. The first-order valence-electron chi connectivity index (χ1n) is 4.15. The van der Waals surface area contributed by atoms with Crippen molar-refractivity contribution in [2.45, 2.75) is 13.8 Å². The van der Waals surface area contributed by atoms with Gasteiger partial charge in [0.05, 0.1) is 5.56 Å². The second-order valence-electron chi connectivity index (χ2n) is 3.12. The molecule has 2 aromatic heterocycles. The Bertz CT molecular complexity index is 518. The molecule has 2 nitrogen and oxygen atoms in total. The highest BCUT2D eigenvalue weighted by molar-refractivity contribution is 7.18. The van der Waals surface area contributed by atoms with Crippen molar-refractivity contribution in [3.63, 3.8) is 0 Å². The molecule has 0 aromatic carbocycles. The maximum absolute atomic E-state index is 10.7. The first kappa shape index (κ1) is 9.62. The Balaban J connectivity index is 2.86. The average molecular weight is 226 g/mol. The summed E-state index contributed by atoms with van der Waals surface area (Å²) >= 11 is 7.43. The van der Waals surface area contributed by atoms with Crippen LogP contribution in [0, 0.1) is 13.8 Å². The van der Waals surface area contributed by atoms with Crippen LogP contribution in [0.5, 0.6) is 0 Å². The van der Waals surface area contributed by atoms with Crippen molar-refractivity contribution in [1.82, 2.24) is 4.98 Å². The normalized spacial score (nSPS) is 10.8. The summed E-state index contributed by atoms with van der Waals surface area (Å²) in [5, 5.41) is 1.31. The van der Waals surface area contributed by atoms with Crippen LogP contribution in [0.3, 0.4) is 0 Å². The van der Waals surface area contributed by atoms with Crippen molar-refractivity contribution < 1.29 is 4.79 Å². The molecule has 0 atom stereocenters. The maximum Gasteiger partial charge on any atom is 0.153 e. The number of rotatable bonds is 1. The SMILES string of the molecule is Cc1sc2nc(Cl)c(C=O)cc2c1C. The van der Waals surface area contributed by atoms with Gasteiger partial charge in [0.25, 0.3) is 0 Å². The molecule has 0 saturated carbocycles. The summed E-state index contributed by atoms with van der Waals surface area (Å²) < 4.78 is 0. The molecular weight excluding hydrogens is 218 g/mol. The molecular formula is C10H8ClNOS. The van der Waals surface area contributed by atoms with Gasteiger partial charge in [-0.15, -0.1) is 11.3 Å². The van der Waals surface area contributed by atoms with Crippen molar-refractivity contribution in [2.75, 3.05) is 0 Å². The third-order valence-electron chi connectivity index (χ3n) is 2.28. The second kappa shape index (κ2) is 3.33. The van der Waals surface area contributed by atoms with Crippen LogP contribution >= 0.6 is 22.9 Å². The van der Waals surface area contributed by atoms with Crippen LogP contribution in [0.2, 0.25) is 5.15 Å². The lowest BCUT2D eigenvalue weighted by Gasteiger charge is -1.96. The molecule has 2 aromatic rings. The fourth-order valence-electron chi connectivity index (χ4n) is 1.33. The predicted octanol–water partition coefficient (Wildman–Crippen LogP) is 3.38. The minimum Gasteiger partial charge on any atom is -0.298 e. The number of pyridine rings is 1. The Morgan fingerprint density at radius 2 is 2.21 bits per heavy atom. The van der Waals surface area contributed by atoms with E-state index in [-0.39, 0.29) is 5.15 Å². The van der Waals surface area contributed by atoms with Gasteiger partial charge in [0, 0.05) is 10.3 Å². The van der Waals surface area contributed by atoms with Crippen LogP contribution in [-0.4, -0.2) is 11.3 Å². The van der Waals surface area contributed by atoms with Crippen LogP contribution in [0.25, 0.3) is 10.2 Å². The van der Waals surface area contributed by atoms with E-state index in [1.165, 1.54) is 10.4 Å². The molecule has 72 valence electrons. The maximum atomic E-state index is 10.7. The first-order valence-corrected chi connectivity index (χ1v) is 5.34. The van der Waals surface area contributed by atoms with Gasteiger partial charge in [-0.05, 0) is 25.5 Å². The fraction of sp³-hybridized carbons (Fsp3) is 0.200. The van der Waals surface area contributed by atoms with E-state index >= 15 is 0 Å². The minimum absolute atomic E-state index is 0.286. The zero-order valence-corrected chi connectivity index (χ0v) is 9.37. The molecule has 0 saturated heterocycles. The molecule has 0 aliphatic carbocycles. The van der Waals surface area contributed by atoms with Crippen LogP contribution in [-0.2, 0) is 0 Å². The average Bonchev–Trinajstić information content (AvgIpc) is 2.41. The van der Waals surface area contributed by atoms with Crippen molar-refractivity contribution >= 4 is 39.4 Å². The summed E-state index contributed by atoms with van der Waals surface area (Å²) in [6, 6.07) is 1.80. The lowest BCUT2D eigenvalue weighted by atomic mass is 10.1. The number of nitrogens with zero attached hydrogens (tertiary/aromatic N) is 1. The number of hydrogen-bond donors (Lipinski definition) is 0. The Hall–Kier alpha value is -0.930.